The number of methoxy groups -OCH3 is 1. The Morgan fingerprint density at radius 3 is 2.83 bits per heavy atom. The van der Waals surface area contributed by atoms with E-state index in [0.717, 1.165) is 11.3 Å². The largest absolute Gasteiger partial charge is 0.383 e. The minimum Gasteiger partial charge on any atom is -0.383 e. The highest BCUT2D eigenvalue weighted by Crippen LogP contribution is 2.16. The number of hydrogen-bond acceptors (Lipinski definition) is 4. The van der Waals surface area contributed by atoms with Crippen molar-refractivity contribution in [1.82, 2.24) is 20.2 Å². The van der Waals surface area contributed by atoms with Gasteiger partial charge in [-0.2, -0.15) is 0 Å². The molecule has 0 aliphatic rings. The maximum Gasteiger partial charge on any atom is 0.234 e. The summed E-state index contributed by atoms with van der Waals surface area (Å²) in [4.78, 5) is 15.9. The Balaban J connectivity index is 0.00000264. The lowest BCUT2D eigenvalue weighted by Gasteiger charge is -2.16. The Labute approximate surface area is 154 Å². The van der Waals surface area contributed by atoms with E-state index < -0.39 is 0 Å². The Morgan fingerprint density at radius 1 is 1.38 bits per heavy atom. The van der Waals surface area contributed by atoms with Crippen molar-refractivity contribution >= 4 is 30.7 Å². The highest BCUT2D eigenvalue weighted by molar-refractivity contribution is 5.85. The monoisotopic (exact) mass is 374 g/mol. The molecule has 2 aromatic rings. The second kappa shape index (κ2) is 11.9. The third-order valence-electron chi connectivity index (χ3n) is 3.32. The van der Waals surface area contributed by atoms with Crippen molar-refractivity contribution in [2.24, 2.45) is 0 Å². The Morgan fingerprint density at radius 2 is 2.17 bits per heavy atom. The first-order valence-corrected chi connectivity index (χ1v) is 7.28. The molecule has 0 bridgehead atoms. The topological polar surface area (TPSA) is 68.2 Å². The summed E-state index contributed by atoms with van der Waals surface area (Å²) in [5.74, 6) is -0.0309. The number of hydrogen-bond donors (Lipinski definition) is 2. The molecule has 1 aromatic carbocycles. The van der Waals surface area contributed by atoms with Crippen molar-refractivity contribution in [3.05, 3.63) is 48.5 Å². The van der Waals surface area contributed by atoms with E-state index in [1.807, 2.05) is 42.0 Å². The molecule has 1 heterocycles. The number of ether oxygens (including phenoxy) is 1. The van der Waals surface area contributed by atoms with Crippen LogP contribution in [0.25, 0.3) is 5.69 Å². The number of imidazole rings is 1. The zero-order valence-electron chi connectivity index (χ0n) is 13.8. The van der Waals surface area contributed by atoms with Crippen LogP contribution < -0.4 is 10.6 Å². The summed E-state index contributed by atoms with van der Waals surface area (Å²) in [6.07, 6.45) is 5.38. The second-order valence-corrected chi connectivity index (χ2v) is 5.02. The molecule has 2 rings (SSSR count). The lowest BCUT2D eigenvalue weighted by molar-refractivity contribution is -0.120. The van der Waals surface area contributed by atoms with Crippen LogP contribution in [0.4, 0.5) is 0 Å². The molecule has 8 heteroatoms. The summed E-state index contributed by atoms with van der Waals surface area (Å²) in [6.45, 7) is 3.51. The van der Waals surface area contributed by atoms with E-state index in [1.165, 1.54) is 0 Å². The Hall–Kier alpha value is -1.60. The molecule has 1 unspecified atom stereocenters. The number of carbonyl (C=O) groups excluding carboxylic acids is 1. The normalized spacial score (nSPS) is 11.1. The van der Waals surface area contributed by atoms with E-state index >= 15 is 0 Å². The summed E-state index contributed by atoms with van der Waals surface area (Å²) in [5.41, 5.74) is 2.07. The van der Waals surface area contributed by atoms with Gasteiger partial charge in [-0.1, -0.05) is 12.1 Å². The van der Waals surface area contributed by atoms with Gasteiger partial charge in [0.25, 0.3) is 0 Å². The third kappa shape index (κ3) is 6.88. The van der Waals surface area contributed by atoms with Gasteiger partial charge in [-0.05, 0) is 24.6 Å². The van der Waals surface area contributed by atoms with Crippen LogP contribution in [-0.2, 0) is 9.53 Å². The van der Waals surface area contributed by atoms with Crippen LogP contribution in [0.15, 0.2) is 43.0 Å². The number of aromatic nitrogens is 2. The van der Waals surface area contributed by atoms with Gasteiger partial charge in [-0.3, -0.25) is 4.79 Å². The Bertz CT molecular complexity index is 594. The molecule has 0 aliphatic heterocycles. The van der Waals surface area contributed by atoms with Gasteiger partial charge in [0, 0.05) is 31.7 Å². The number of carbonyl (C=O) groups is 1. The van der Waals surface area contributed by atoms with E-state index in [9.17, 15) is 4.79 Å². The van der Waals surface area contributed by atoms with E-state index in [0.29, 0.717) is 13.2 Å². The van der Waals surface area contributed by atoms with Crippen LogP contribution in [0.1, 0.15) is 18.5 Å². The van der Waals surface area contributed by atoms with Gasteiger partial charge in [-0.25, -0.2) is 4.98 Å². The first-order valence-electron chi connectivity index (χ1n) is 7.28. The molecule has 1 amide bonds. The molecule has 0 radical (unpaired) electrons. The zero-order chi connectivity index (χ0) is 15.8. The first kappa shape index (κ1) is 22.4. The SMILES string of the molecule is COCCNCC(=O)NC(C)c1cccc(-n2ccnc2)c1.Cl.Cl. The second-order valence-electron chi connectivity index (χ2n) is 5.02. The number of amides is 1. The minimum atomic E-state index is -0.0554. The molecule has 6 nitrogen and oxygen atoms in total. The quantitative estimate of drug-likeness (QED) is 0.694. The number of nitrogens with one attached hydrogen (secondary N) is 2. The number of halogens is 2. The predicted molar refractivity (Wildman–Crippen MR) is 99.4 cm³/mol. The van der Waals surface area contributed by atoms with Crippen molar-refractivity contribution in [2.75, 3.05) is 26.8 Å². The van der Waals surface area contributed by atoms with Crippen LogP contribution in [0.5, 0.6) is 0 Å². The summed E-state index contributed by atoms with van der Waals surface area (Å²) >= 11 is 0. The fraction of sp³-hybridized carbons (Fsp3) is 0.375. The van der Waals surface area contributed by atoms with Gasteiger partial charge in [-0.15, -0.1) is 24.8 Å². The minimum absolute atomic E-state index is 0. The summed E-state index contributed by atoms with van der Waals surface area (Å²) in [5, 5.41) is 6.01. The van der Waals surface area contributed by atoms with E-state index in [-0.39, 0.29) is 43.3 Å². The molecular formula is C16H24Cl2N4O2. The molecule has 0 saturated heterocycles. The van der Waals surface area contributed by atoms with Gasteiger partial charge in [0.1, 0.15) is 0 Å². The summed E-state index contributed by atoms with van der Waals surface area (Å²) < 4.78 is 6.86. The van der Waals surface area contributed by atoms with Gasteiger partial charge in [0.05, 0.1) is 25.5 Å². The predicted octanol–water partition coefficient (Wildman–Crippen LogP) is 2.13. The van der Waals surface area contributed by atoms with E-state index in [1.54, 1.807) is 19.6 Å². The van der Waals surface area contributed by atoms with Crippen LogP contribution in [0.2, 0.25) is 0 Å². The summed E-state index contributed by atoms with van der Waals surface area (Å²) in [7, 11) is 1.64. The average molecular weight is 375 g/mol. The maximum absolute atomic E-state index is 11.9. The van der Waals surface area contributed by atoms with Crippen molar-refractivity contribution < 1.29 is 9.53 Å². The van der Waals surface area contributed by atoms with Crippen molar-refractivity contribution in [2.45, 2.75) is 13.0 Å². The fourth-order valence-electron chi connectivity index (χ4n) is 2.12. The van der Waals surface area contributed by atoms with Crippen LogP contribution in [0.3, 0.4) is 0 Å². The smallest absolute Gasteiger partial charge is 0.234 e. The lowest BCUT2D eigenvalue weighted by atomic mass is 10.1. The lowest BCUT2D eigenvalue weighted by Crippen LogP contribution is -2.36. The highest BCUT2D eigenvalue weighted by atomic mass is 35.5. The molecule has 0 saturated carbocycles. The molecule has 2 N–H and O–H groups in total. The zero-order valence-corrected chi connectivity index (χ0v) is 15.4. The Kier molecular flexibility index (Phi) is 11.1. The van der Waals surface area contributed by atoms with Gasteiger partial charge < -0.3 is 19.9 Å². The van der Waals surface area contributed by atoms with Gasteiger partial charge >= 0.3 is 0 Å². The molecule has 134 valence electrons. The van der Waals surface area contributed by atoms with Crippen molar-refractivity contribution in [3.63, 3.8) is 0 Å². The molecule has 24 heavy (non-hydrogen) atoms. The molecule has 0 aliphatic carbocycles. The average Bonchev–Trinajstić information content (AvgIpc) is 3.06. The number of benzene rings is 1. The molecule has 1 atom stereocenters. The van der Waals surface area contributed by atoms with E-state index in [2.05, 4.69) is 15.6 Å². The third-order valence-corrected chi connectivity index (χ3v) is 3.32. The van der Waals surface area contributed by atoms with Gasteiger partial charge in [0.2, 0.25) is 5.91 Å². The summed E-state index contributed by atoms with van der Waals surface area (Å²) in [6, 6.07) is 7.98. The highest BCUT2D eigenvalue weighted by Gasteiger charge is 2.10. The van der Waals surface area contributed by atoms with Crippen molar-refractivity contribution in [3.8, 4) is 5.69 Å². The van der Waals surface area contributed by atoms with Crippen molar-refractivity contribution in [1.29, 1.82) is 0 Å². The number of nitrogens with zero attached hydrogens (tertiary/aromatic N) is 2. The van der Waals surface area contributed by atoms with Crippen LogP contribution in [-0.4, -0.2) is 42.3 Å². The molecule has 0 fully saturated rings. The van der Waals surface area contributed by atoms with Crippen LogP contribution in [0, 0.1) is 0 Å². The standard InChI is InChI=1S/C16H22N4O2.2ClH/c1-13(19-16(21)11-17-7-9-22-2)14-4-3-5-15(10-14)20-8-6-18-12-20;;/h3-6,8,10,12-13,17H,7,9,11H2,1-2H3,(H,19,21);2*1H. The fourth-order valence-corrected chi connectivity index (χ4v) is 2.12. The molecule has 1 aromatic heterocycles. The first-order chi connectivity index (χ1) is 10.7. The van der Waals surface area contributed by atoms with E-state index in [4.69, 9.17) is 4.74 Å². The molecular weight excluding hydrogens is 351 g/mol. The van der Waals surface area contributed by atoms with Gasteiger partial charge in [0.15, 0.2) is 0 Å². The number of rotatable bonds is 8. The van der Waals surface area contributed by atoms with Crippen LogP contribution >= 0.6 is 24.8 Å². The molecule has 0 spiro atoms. The maximum atomic E-state index is 11.9.